The quantitative estimate of drug-likeness (QED) is 0.410. The fourth-order valence-corrected chi connectivity index (χ4v) is 4.61. The third-order valence-corrected chi connectivity index (χ3v) is 6.43. The molecule has 9 heteroatoms. The minimum absolute atomic E-state index is 0.0739. The smallest absolute Gasteiger partial charge is 0.338 e. The molecule has 0 aliphatic carbocycles. The lowest BCUT2D eigenvalue weighted by Crippen LogP contribution is -2.60. The summed E-state index contributed by atoms with van der Waals surface area (Å²) < 4.78 is 17.6. The monoisotopic (exact) mass is 460 g/mol. The summed E-state index contributed by atoms with van der Waals surface area (Å²) in [7, 11) is 0. The van der Waals surface area contributed by atoms with Gasteiger partial charge in [0.05, 0.1) is 12.2 Å². The summed E-state index contributed by atoms with van der Waals surface area (Å²) in [5.74, 6) is -0.0273. The average Bonchev–Trinajstić information content (AvgIpc) is 3.21. The molecule has 8 nitrogen and oxygen atoms in total. The molecule has 0 amide bonds. The Morgan fingerprint density at radius 3 is 2.53 bits per heavy atom. The molecule has 0 bridgehead atoms. The standard InChI is InChI=1S/C23H24O8S/c1-12-9-15-16(30-23-20(27)19(26)18(25)17(10-24)31-23)8-7-14(21(15)32-12)11-29-22(28)13-5-3-2-4-6-13/h2-9,17-20,23-27H,10-11H2,1H3/t17-,18+,19+,20-,23-/m1/s1. The van der Waals surface area contributed by atoms with Crippen molar-refractivity contribution >= 4 is 27.4 Å². The summed E-state index contributed by atoms with van der Waals surface area (Å²) in [6.07, 6.45) is -6.83. The first-order valence-electron chi connectivity index (χ1n) is 10.1. The number of ether oxygens (including phenoxy) is 3. The maximum atomic E-state index is 12.3. The van der Waals surface area contributed by atoms with Gasteiger partial charge in [0.15, 0.2) is 0 Å². The zero-order chi connectivity index (χ0) is 22.8. The summed E-state index contributed by atoms with van der Waals surface area (Å²) in [4.78, 5) is 13.3. The van der Waals surface area contributed by atoms with Gasteiger partial charge in [0.2, 0.25) is 6.29 Å². The number of hydrogen-bond acceptors (Lipinski definition) is 9. The molecule has 4 rings (SSSR count). The number of aliphatic hydroxyl groups excluding tert-OH is 4. The molecule has 1 saturated heterocycles. The minimum atomic E-state index is -1.53. The summed E-state index contributed by atoms with van der Waals surface area (Å²) in [6, 6.07) is 14.1. The van der Waals surface area contributed by atoms with E-state index in [4.69, 9.17) is 14.2 Å². The van der Waals surface area contributed by atoms with Crippen LogP contribution in [0, 0.1) is 6.92 Å². The summed E-state index contributed by atoms with van der Waals surface area (Å²) in [6.45, 7) is 1.47. The van der Waals surface area contributed by atoms with Crippen molar-refractivity contribution in [3.63, 3.8) is 0 Å². The number of benzene rings is 2. The Labute approximate surface area is 188 Å². The van der Waals surface area contributed by atoms with Gasteiger partial charge >= 0.3 is 5.97 Å². The largest absolute Gasteiger partial charge is 0.461 e. The van der Waals surface area contributed by atoms with Crippen LogP contribution in [0.4, 0.5) is 0 Å². The van der Waals surface area contributed by atoms with Crippen molar-refractivity contribution in [1.29, 1.82) is 0 Å². The number of carbonyl (C=O) groups is 1. The third-order valence-electron chi connectivity index (χ3n) is 5.31. The second-order valence-electron chi connectivity index (χ2n) is 7.58. The lowest BCUT2D eigenvalue weighted by molar-refractivity contribution is -0.277. The van der Waals surface area contributed by atoms with Gasteiger partial charge in [0.25, 0.3) is 0 Å². The molecule has 32 heavy (non-hydrogen) atoms. The van der Waals surface area contributed by atoms with E-state index in [0.717, 1.165) is 20.5 Å². The van der Waals surface area contributed by atoms with Crippen LogP contribution >= 0.6 is 11.3 Å². The van der Waals surface area contributed by atoms with E-state index in [9.17, 15) is 25.2 Å². The third kappa shape index (κ3) is 4.49. The Hall–Kier alpha value is -2.53. The van der Waals surface area contributed by atoms with Crippen molar-refractivity contribution in [2.45, 2.75) is 44.2 Å². The van der Waals surface area contributed by atoms with Gasteiger partial charge in [-0.05, 0) is 31.2 Å². The van der Waals surface area contributed by atoms with Crippen LogP contribution in [0.5, 0.6) is 5.75 Å². The van der Waals surface area contributed by atoms with Crippen LogP contribution in [0.1, 0.15) is 20.8 Å². The van der Waals surface area contributed by atoms with Gasteiger partial charge in [0.1, 0.15) is 36.8 Å². The fraction of sp³-hybridized carbons (Fsp3) is 0.348. The molecule has 1 aliphatic rings. The van der Waals surface area contributed by atoms with Gasteiger partial charge < -0.3 is 34.6 Å². The number of hydrogen-bond donors (Lipinski definition) is 4. The molecular weight excluding hydrogens is 436 g/mol. The van der Waals surface area contributed by atoms with Crippen molar-refractivity contribution in [3.05, 3.63) is 64.5 Å². The first-order valence-corrected chi connectivity index (χ1v) is 10.9. The highest BCUT2D eigenvalue weighted by atomic mass is 32.1. The molecule has 4 N–H and O–H groups in total. The first-order chi connectivity index (χ1) is 15.4. The van der Waals surface area contributed by atoms with Gasteiger partial charge in [-0.15, -0.1) is 11.3 Å². The van der Waals surface area contributed by atoms with Crippen molar-refractivity contribution in [2.75, 3.05) is 6.61 Å². The van der Waals surface area contributed by atoms with Crippen molar-refractivity contribution < 1.29 is 39.4 Å². The predicted molar refractivity (Wildman–Crippen MR) is 117 cm³/mol. The second-order valence-corrected chi connectivity index (χ2v) is 8.84. The topological polar surface area (TPSA) is 126 Å². The molecule has 3 aromatic rings. The number of aliphatic hydroxyl groups is 4. The molecule has 5 atom stereocenters. The van der Waals surface area contributed by atoms with E-state index in [1.54, 1.807) is 36.4 Å². The van der Waals surface area contributed by atoms with E-state index < -0.39 is 43.3 Å². The predicted octanol–water partition coefficient (Wildman–Crippen LogP) is 1.75. The van der Waals surface area contributed by atoms with Crippen molar-refractivity contribution in [3.8, 4) is 5.75 Å². The maximum Gasteiger partial charge on any atom is 0.338 e. The highest BCUT2D eigenvalue weighted by Gasteiger charge is 2.44. The number of rotatable bonds is 6. The number of carbonyl (C=O) groups excluding carboxylic acids is 1. The van der Waals surface area contributed by atoms with Gasteiger partial charge in [-0.25, -0.2) is 4.79 Å². The van der Waals surface area contributed by atoms with Crippen LogP contribution in [0.3, 0.4) is 0 Å². The Kier molecular flexibility index (Phi) is 6.75. The van der Waals surface area contributed by atoms with E-state index in [0.29, 0.717) is 11.3 Å². The van der Waals surface area contributed by atoms with Crippen LogP contribution < -0.4 is 4.74 Å². The SMILES string of the molecule is Cc1cc2c(O[C@@H]3O[C@H](CO)[C@H](O)[C@H](O)[C@H]3O)ccc(COC(=O)c3ccccc3)c2s1. The molecule has 2 heterocycles. The number of aryl methyl sites for hydroxylation is 1. The van der Waals surface area contributed by atoms with E-state index >= 15 is 0 Å². The van der Waals surface area contributed by atoms with Gasteiger partial charge in [-0.2, -0.15) is 0 Å². The number of thiophene rings is 1. The van der Waals surface area contributed by atoms with Crippen LogP contribution in [0.2, 0.25) is 0 Å². The molecule has 0 spiro atoms. The number of fused-ring (bicyclic) bond motifs is 1. The lowest BCUT2D eigenvalue weighted by Gasteiger charge is -2.39. The molecule has 0 saturated carbocycles. The highest BCUT2D eigenvalue weighted by Crippen LogP contribution is 2.37. The summed E-state index contributed by atoms with van der Waals surface area (Å²) in [5.41, 5.74) is 1.26. The van der Waals surface area contributed by atoms with Crippen molar-refractivity contribution in [2.24, 2.45) is 0 Å². The van der Waals surface area contributed by atoms with E-state index in [1.165, 1.54) is 11.3 Å². The highest BCUT2D eigenvalue weighted by molar-refractivity contribution is 7.19. The van der Waals surface area contributed by atoms with E-state index in [-0.39, 0.29) is 6.61 Å². The molecule has 1 aromatic heterocycles. The zero-order valence-corrected chi connectivity index (χ0v) is 18.1. The Morgan fingerprint density at radius 2 is 1.81 bits per heavy atom. The summed E-state index contributed by atoms with van der Waals surface area (Å²) >= 11 is 1.51. The summed E-state index contributed by atoms with van der Waals surface area (Å²) in [5, 5.41) is 40.3. The molecule has 1 fully saturated rings. The molecule has 170 valence electrons. The first kappa shape index (κ1) is 22.7. The maximum absolute atomic E-state index is 12.3. The Bertz CT molecular complexity index is 1080. The van der Waals surface area contributed by atoms with Crippen LogP contribution in [-0.2, 0) is 16.1 Å². The van der Waals surface area contributed by atoms with Crippen LogP contribution in [0.15, 0.2) is 48.5 Å². The zero-order valence-electron chi connectivity index (χ0n) is 17.2. The molecular formula is C23H24O8S. The normalized spacial score (nSPS) is 25.6. The van der Waals surface area contributed by atoms with Crippen LogP contribution in [0.25, 0.3) is 10.1 Å². The van der Waals surface area contributed by atoms with Gasteiger partial charge in [-0.3, -0.25) is 0 Å². The average molecular weight is 461 g/mol. The Balaban J connectivity index is 1.55. The van der Waals surface area contributed by atoms with Crippen molar-refractivity contribution in [1.82, 2.24) is 0 Å². The molecule has 0 radical (unpaired) electrons. The molecule has 0 unspecified atom stereocenters. The van der Waals surface area contributed by atoms with Crippen LogP contribution in [-0.4, -0.2) is 63.7 Å². The lowest BCUT2D eigenvalue weighted by atomic mass is 9.99. The van der Waals surface area contributed by atoms with Gasteiger partial charge in [-0.1, -0.05) is 24.3 Å². The minimum Gasteiger partial charge on any atom is -0.461 e. The fourth-order valence-electron chi connectivity index (χ4n) is 3.58. The van der Waals surface area contributed by atoms with Gasteiger partial charge in [0, 0.05) is 20.5 Å². The van der Waals surface area contributed by atoms with E-state index in [1.807, 2.05) is 19.1 Å². The second kappa shape index (κ2) is 9.53. The molecule has 2 aromatic carbocycles. The van der Waals surface area contributed by atoms with E-state index in [2.05, 4.69) is 0 Å². The number of esters is 1. The Morgan fingerprint density at radius 1 is 1.06 bits per heavy atom. The molecule has 1 aliphatic heterocycles.